The highest BCUT2D eigenvalue weighted by molar-refractivity contribution is 7.13. The Morgan fingerprint density at radius 1 is 1.09 bits per heavy atom. The van der Waals surface area contributed by atoms with E-state index < -0.39 is 0 Å². The van der Waals surface area contributed by atoms with Crippen LogP contribution >= 0.6 is 11.3 Å². The van der Waals surface area contributed by atoms with E-state index in [1.807, 2.05) is 23.4 Å². The van der Waals surface area contributed by atoms with E-state index in [1.165, 1.54) is 44.2 Å². The topological polar surface area (TPSA) is 79.2 Å². The lowest BCUT2D eigenvalue weighted by Gasteiger charge is -2.56. The zero-order valence-electron chi connectivity index (χ0n) is 19.8. The number of piperazine rings is 1. The molecule has 178 valence electrons. The van der Waals surface area contributed by atoms with Gasteiger partial charge in [0.15, 0.2) is 5.13 Å². The average Bonchev–Trinajstić information content (AvgIpc) is 3.33. The molecule has 4 bridgehead atoms. The number of hydrogen-bond acceptors (Lipinski definition) is 6. The molecule has 8 nitrogen and oxygen atoms in total. The van der Waals surface area contributed by atoms with Crippen molar-refractivity contribution in [2.75, 3.05) is 31.5 Å². The molecule has 7 rings (SSSR count). The average molecular weight is 470 g/mol. The van der Waals surface area contributed by atoms with Crippen LogP contribution in [0.4, 0.5) is 9.93 Å². The van der Waals surface area contributed by atoms with E-state index in [2.05, 4.69) is 25.8 Å². The van der Waals surface area contributed by atoms with Gasteiger partial charge >= 0.3 is 6.03 Å². The van der Waals surface area contributed by atoms with Crippen LogP contribution in [0.2, 0.25) is 0 Å². The third-order valence-electron chi connectivity index (χ3n) is 8.69. The van der Waals surface area contributed by atoms with Crippen molar-refractivity contribution in [1.29, 1.82) is 0 Å². The molecule has 3 heterocycles. The molecule has 4 aliphatic carbocycles. The summed E-state index contributed by atoms with van der Waals surface area (Å²) in [5.74, 6) is 4.79. The van der Waals surface area contributed by atoms with Crippen molar-refractivity contribution in [3.63, 3.8) is 0 Å². The van der Waals surface area contributed by atoms with Crippen molar-refractivity contribution >= 4 is 22.5 Å². The minimum atomic E-state index is -0.0279. The summed E-state index contributed by atoms with van der Waals surface area (Å²) >= 11 is 1.58. The standard InChI is InChI=1S/C24H35N7OS/c1-16-27-28-21(29(16)2)14-30-3-5-31(6-4-30)23(32)26-22-25-20(15-33-22)13-24-10-17-7-18(11-24)9-19(8-17)12-24/h15,17-19H,3-14H2,1-2H3,(H,25,26,32). The van der Waals surface area contributed by atoms with Gasteiger partial charge in [0.25, 0.3) is 0 Å². The smallest absolute Gasteiger partial charge is 0.322 e. The second-order valence-corrected chi connectivity index (χ2v) is 12.0. The molecule has 1 saturated heterocycles. The van der Waals surface area contributed by atoms with Crippen molar-refractivity contribution in [1.82, 2.24) is 29.5 Å². The van der Waals surface area contributed by atoms with Gasteiger partial charge < -0.3 is 9.47 Å². The molecule has 4 saturated carbocycles. The quantitative estimate of drug-likeness (QED) is 0.723. The number of nitrogens with zero attached hydrogens (tertiary/aromatic N) is 6. The van der Waals surface area contributed by atoms with Gasteiger partial charge in [0.2, 0.25) is 0 Å². The number of anilines is 1. The lowest BCUT2D eigenvalue weighted by molar-refractivity contribution is -0.0525. The lowest BCUT2D eigenvalue weighted by Crippen LogP contribution is -2.49. The molecule has 1 aliphatic heterocycles. The first-order valence-corrected chi connectivity index (χ1v) is 13.4. The van der Waals surface area contributed by atoms with E-state index in [1.54, 1.807) is 11.3 Å². The van der Waals surface area contributed by atoms with Gasteiger partial charge in [0, 0.05) is 38.6 Å². The predicted octanol–water partition coefficient (Wildman–Crippen LogP) is 3.69. The molecule has 0 atom stereocenters. The fraction of sp³-hybridized carbons (Fsp3) is 0.750. The van der Waals surface area contributed by atoms with E-state index in [9.17, 15) is 4.79 Å². The summed E-state index contributed by atoms with van der Waals surface area (Å²) in [6.07, 6.45) is 9.72. The van der Waals surface area contributed by atoms with Crippen molar-refractivity contribution in [3.8, 4) is 0 Å². The molecule has 33 heavy (non-hydrogen) atoms. The predicted molar refractivity (Wildman–Crippen MR) is 128 cm³/mol. The zero-order chi connectivity index (χ0) is 22.6. The number of nitrogens with one attached hydrogen (secondary N) is 1. The normalized spacial score (nSPS) is 31.3. The summed E-state index contributed by atoms with van der Waals surface area (Å²) in [5, 5.41) is 14.4. The second-order valence-electron chi connectivity index (χ2n) is 11.2. The summed E-state index contributed by atoms with van der Waals surface area (Å²) in [7, 11) is 2.00. The van der Waals surface area contributed by atoms with Crippen LogP contribution in [0.3, 0.4) is 0 Å². The van der Waals surface area contributed by atoms with Crippen LogP contribution in [0.25, 0.3) is 0 Å². The van der Waals surface area contributed by atoms with E-state index >= 15 is 0 Å². The molecule has 0 radical (unpaired) electrons. The summed E-state index contributed by atoms with van der Waals surface area (Å²) in [5.41, 5.74) is 1.67. The largest absolute Gasteiger partial charge is 0.323 e. The zero-order valence-corrected chi connectivity index (χ0v) is 20.6. The molecule has 2 aromatic heterocycles. The van der Waals surface area contributed by atoms with Gasteiger partial charge in [-0.2, -0.15) is 0 Å². The third kappa shape index (κ3) is 4.30. The van der Waals surface area contributed by atoms with Crippen molar-refractivity contribution < 1.29 is 4.79 Å². The molecule has 0 aromatic carbocycles. The number of urea groups is 1. The highest BCUT2D eigenvalue weighted by atomic mass is 32.1. The Balaban J connectivity index is 1.01. The van der Waals surface area contributed by atoms with Crippen LogP contribution in [0.1, 0.15) is 55.9 Å². The number of carbonyl (C=O) groups excluding carboxylic acids is 1. The van der Waals surface area contributed by atoms with Crippen LogP contribution in [0.5, 0.6) is 0 Å². The Bertz CT molecular complexity index is 987. The van der Waals surface area contributed by atoms with Crippen molar-refractivity contribution in [2.45, 2.75) is 58.4 Å². The molecule has 0 unspecified atom stereocenters. The van der Waals surface area contributed by atoms with E-state index in [4.69, 9.17) is 4.98 Å². The van der Waals surface area contributed by atoms with Crippen molar-refractivity contribution in [3.05, 3.63) is 22.7 Å². The molecule has 1 N–H and O–H groups in total. The highest BCUT2D eigenvalue weighted by Crippen LogP contribution is 2.61. The molecule has 2 amide bonds. The summed E-state index contributed by atoms with van der Waals surface area (Å²) < 4.78 is 2.03. The number of amides is 2. The highest BCUT2D eigenvalue weighted by Gasteiger charge is 2.50. The molecule has 5 aliphatic rings. The van der Waals surface area contributed by atoms with Crippen LogP contribution in [-0.4, -0.2) is 61.8 Å². The molecule has 0 spiro atoms. The van der Waals surface area contributed by atoms with E-state index in [0.717, 1.165) is 60.6 Å². The van der Waals surface area contributed by atoms with Gasteiger partial charge in [0.05, 0.1) is 12.2 Å². The van der Waals surface area contributed by atoms with Gasteiger partial charge in [-0.15, -0.1) is 21.5 Å². The van der Waals surface area contributed by atoms with Crippen LogP contribution in [0, 0.1) is 30.1 Å². The number of carbonyl (C=O) groups is 1. The monoisotopic (exact) mass is 469 g/mol. The molecule has 9 heteroatoms. The second kappa shape index (κ2) is 8.34. The minimum Gasteiger partial charge on any atom is -0.322 e. The number of aromatic nitrogens is 4. The number of aryl methyl sites for hydroxylation is 1. The number of hydrogen-bond donors (Lipinski definition) is 1. The Morgan fingerprint density at radius 3 is 2.36 bits per heavy atom. The van der Waals surface area contributed by atoms with Gasteiger partial charge in [0.1, 0.15) is 11.6 Å². The van der Waals surface area contributed by atoms with Gasteiger partial charge in [-0.25, -0.2) is 9.78 Å². The fourth-order valence-corrected chi connectivity index (χ4v) is 8.10. The van der Waals surface area contributed by atoms with Crippen LogP contribution in [-0.2, 0) is 20.0 Å². The van der Waals surface area contributed by atoms with Gasteiger partial charge in [-0.3, -0.25) is 10.2 Å². The maximum absolute atomic E-state index is 12.8. The maximum Gasteiger partial charge on any atom is 0.323 e. The summed E-state index contributed by atoms with van der Waals surface area (Å²) in [6, 6.07) is -0.0279. The summed E-state index contributed by atoms with van der Waals surface area (Å²) in [6.45, 7) is 5.85. The minimum absolute atomic E-state index is 0.0279. The van der Waals surface area contributed by atoms with Crippen molar-refractivity contribution in [2.24, 2.45) is 30.2 Å². The number of thiazole rings is 1. The lowest BCUT2D eigenvalue weighted by atomic mass is 9.48. The summed E-state index contributed by atoms with van der Waals surface area (Å²) in [4.78, 5) is 21.9. The first-order valence-electron chi connectivity index (χ1n) is 12.5. The van der Waals surface area contributed by atoms with Gasteiger partial charge in [-0.1, -0.05) is 0 Å². The first-order chi connectivity index (χ1) is 15.9. The molecule has 2 aromatic rings. The maximum atomic E-state index is 12.8. The Hall–Kier alpha value is -2.00. The Kier molecular flexibility index (Phi) is 5.44. The first kappa shape index (κ1) is 21.5. The van der Waals surface area contributed by atoms with Gasteiger partial charge in [-0.05, 0) is 75.0 Å². The molecular weight excluding hydrogens is 434 g/mol. The van der Waals surface area contributed by atoms with Crippen LogP contribution < -0.4 is 5.32 Å². The fourth-order valence-electron chi connectivity index (χ4n) is 7.40. The van der Waals surface area contributed by atoms with E-state index in [-0.39, 0.29) is 6.03 Å². The van der Waals surface area contributed by atoms with E-state index in [0.29, 0.717) is 18.5 Å². The number of rotatable bonds is 5. The Morgan fingerprint density at radius 2 is 1.76 bits per heavy atom. The Labute approximate surface area is 199 Å². The molecule has 5 fully saturated rings. The molecular formula is C24H35N7OS. The SMILES string of the molecule is Cc1nnc(CN2CCN(C(=O)Nc3nc(CC45CC6CC(CC(C6)C4)C5)cs3)CC2)n1C. The third-order valence-corrected chi connectivity index (χ3v) is 9.50. The van der Waals surface area contributed by atoms with Crippen LogP contribution in [0.15, 0.2) is 5.38 Å².